The molecule has 0 amide bonds. The number of hydrogen-bond donors (Lipinski definition) is 2. The molecule has 7 heteroatoms. The second kappa shape index (κ2) is 9.21. The first-order valence-electron chi connectivity index (χ1n) is 12.4. The topological polar surface area (TPSA) is 98.8 Å². The Morgan fingerprint density at radius 3 is 2.39 bits per heavy atom. The van der Waals surface area contributed by atoms with Crippen molar-refractivity contribution in [1.82, 2.24) is 9.88 Å². The maximum atomic E-state index is 12.8. The van der Waals surface area contributed by atoms with E-state index in [2.05, 4.69) is 29.8 Å². The Hall–Kier alpha value is -3.44. The third-order valence-electron chi connectivity index (χ3n) is 7.98. The van der Waals surface area contributed by atoms with Gasteiger partial charge in [-0.05, 0) is 36.3 Å². The van der Waals surface area contributed by atoms with Crippen molar-refractivity contribution in [3.63, 3.8) is 0 Å². The molecule has 1 saturated carbocycles. The fourth-order valence-corrected chi connectivity index (χ4v) is 6.31. The van der Waals surface area contributed by atoms with E-state index in [1.807, 2.05) is 42.5 Å². The highest BCUT2D eigenvalue weighted by Gasteiger charge is 2.76. The molecule has 2 N–H and O–H groups in total. The molecule has 0 spiro atoms. The maximum absolute atomic E-state index is 12.8. The molecule has 36 heavy (non-hydrogen) atoms. The van der Waals surface area contributed by atoms with Crippen LogP contribution in [0.3, 0.4) is 0 Å². The molecule has 0 radical (unpaired) electrons. The van der Waals surface area contributed by atoms with Crippen LogP contribution in [0.25, 0.3) is 0 Å². The zero-order valence-corrected chi connectivity index (χ0v) is 20.8. The molecular formula is C29H31N3O4. The SMILES string of the molecule is CCN(CC)C[C@H]1[C@@H](O)[C@@]2(O)c3c(OC)cncc3O[C@@]2(c2ccc(C#N)cc2)[C@@H]1c1ccccc1. The van der Waals surface area contributed by atoms with Crippen molar-refractivity contribution < 1.29 is 19.7 Å². The number of aliphatic hydroxyl groups excluding tert-OH is 1. The molecule has 0 unspecified atom stereocenters. The van der Waals surface area contributed by atoms with Crippen molar-refractivity contribution in [2.45, 2.75) is 37.1 Å². The third kappa shape index (κ3) is 3.26. The Morgan fingerprint density at radius 1 is 1.08 bits per heavy atom. The van der Waals surface area contributed by atoms with Gasteiger partial charge in [-0.25, -0.2) is 0 Å². The molecule has 186 valence electrons. The highest BCUT2D eigenvalue weighted by molar-refractivity contribution is 5.59. The smallest absolute Gasteiger partial charge is 0.177 e. The zero-order chi connectivity index (χ0) is 25.5. The summed E-state index contributed by atoms with van der Waals surface area (Å²) in [6.45, 7) is 6.38. The van der Waals surface area contributed by atoms with E-state index in [1.54, 1.807) is 18.3 Å². The second-order valence-electron chi connectivity index (χ2n) is 9.49. The molecule has 5 atom stereocenters. The number of benzene rings is 2. The van der Waals surface area contributed by atoms with Gasteiger partial charge in [0.15, 0.2) is 11.2 Å². The minimum Gasteiger partial charge on any atom is -0.495 e. The minimum atomic E-state index is -1.83. The van der Waals surface area contributed by atoms with E-state index in [4.69, 9.17) is 9.47 Å². The van der Waals surface area contributed by atoms with Gasteiger partial charge in [0.2, 0.25) is 0 Å². The predicted octanol–water partition coefficient (Wildman–Crippen LogP) is 3.55. The van der Waals surface area contributed by atoms with E-state index in [-0.39, 0.29) is 5.92 Å². The van der Waals surface area contributed by atoms with Gasteiger partial charge >= 0.3 is 0 Å². The largest absolute Gasteiger partial charge is 0.495 e. The van der Waals surface area contributed by atoms with Crippen molar-refractivity contribution >= 4 is 0 Å². The van der Waals surface area contributed by atoms with Gasteiger partial charge in [0.05, 0.1) is 42.8 Å². The molecule has 1 fully saturated rings. The van der Waals surface area contributed by atoms with Gasteiger partial charge < -0.3 is 24.6 Å². The lowest BCUT2D eigenvalue weighted by molar-refractivity contribution is -0.152. The van der Waals surface area contributed by atoms with Crippen molar-refractivity contribution in [3.05, 3.63) is 89.2 Å². The van der Waals surface area contributed by atoms with Gasteiger partial charge in [0.25, 0.3) is 0 Å². The standard InChI is InChI=1S/C29H31N3O4/c1-4-32(5-2)18-22-25(20-9-7-6-8-10-20)29(21-13-11-19(15-30)12-14-21)28(34,27(22)33)26-23(35-3)16-31-17-24(26)36-29/h6-14,16-17,22,25,27,33-34H,4-5,18H2,1-3H3/t22-,25-,27-,28+,29+/m1/s1. The Bertz CT molecular complexity index is 1270. The van der Waals surface area contributed by atoms with Gasteiger partial charge in [-0.1, -0.05) is 56.3 Å². The molecule has 5 rings (SSSR count). The number of methoxy groups -OCH3 is 1. The summed E-state index contributed by atoms with van der Waals surface area (Å²) < 4.78 is 12.4. The summed E-state index contributed by atoms with van der Waals surface area (Å²) >= 11 is 0. The lowest BCUT2D eigenvalue weighted by atomic mass is 9.70. The van der Waals surface area contributed by atoms with Crippen molar-refractivity contribution in [3.8, 4) is 17.6 Å². The zero-order valence-electron chi connectivity index (χ0n) is 20.8. The van der Waals surface area contributed by atoms with Crippen LogP contribution in [0.1, 0.15) is 42.0 Å². The summed E-state index contributed by atoms with van der Waals surface area (Å²) in [6, 6.07) is 19.1. The van der Waals surface area contributed by atoms with E-state index in [0.29, 0.717) is 34.7 Å². The summed E-state index contributed by atoms with van der Waals surface area (Å²) in [5, 5.41) is 34.3. The molecular weight excluding hydrogens is 454 g/mol. The molecule has 2 aromatic carbocycles. The molecule has 0 bridgehead atoms. The summed E-state index contributed by atoms with van der Waals surface area (Å²) in [5.41, 5.74) is -0.671. The van der Waals surface area contributed by atoms with Crippen LogP contribution in [0.15, 0.2) is 67.0 Å². The van der Waals surface area contributed by atoms with Crippen molar-refractivity contribution in [2.75, 3.05) is 26.7 Å². The lowest BCUT2D eigenvalue weighted by Crippen LogP contribution is -2.52. The van der Waals surface area contributed by atoms with Crippen molar-refractivity contribution in [2.24, 2.45) is 5.92 Å². The van der Waals surface area contributed by atoms with Gasteiger partial charge in [-0.15, -0.1) is 0 Å². The van der Waals surface area contributed by atoms with Crippen LogP contribution >= 0.6 is 0 Å². The summed E-state index contributed by atoms with van der Waals surface area (Å²) in [4.78, 5) is 6.52. The first-order chi connectivity index (χ1) is 17.5. The van der Waals surface area contributed by atoms with Crippen LogP contribution in [0.2, 0.25) is 0 Å². The van der Waals surface area contributed by atoms with Crippen LogP contribution in [0.5, 0.6) is 11.5 Å². The van der Waals surface area contributed by atoms with E-state index in [0.717, 1.165) is 18.7 Å². The first kappa shape index (κ1) is 24.3. The number of fused-ring (bicyclic) bond motifs is 3. The number of ether oxygens (including phenoxy) is 2. The fraction of sp³-hybridized carbons (Fsp3) is 0.379. The van der Waals surface area contributed by atoms with Crippen LogP contribution in [0.4, 0.5) is 0 Å². The molecule has 7 nitrogen and oxygen atoms in total. The number of rotatable bonds is 7. The van der Waals surface area contributed by atoms with E-state index in [9.17, 15) is 15.5 Å². The summed E-state index contributed by atoms with van der Waals surface area (Å²) in [7, 11) is 1.52. The van der Waals surface area contributed by atoms with Crippen molar-refractivity contribution in [1.29, 1.82) is 5.26 Å². The third-order valence-corrected chi connectivity index (χ3v) is 7.98. The average Bonchev–Trinajstić information content (AvgIpc) is 3.30. The number of nitrogens with zero attached hydrogens (tertiary/aromatic N) is 3. The fourth-order valence-electron chi connectivity index (χ4n) is 6.31. The van der Waals surface area contributed by atoms with E-state index in [1.165, 1.54) is 13.3 Å². The molecule has 0 saturated heterocycles. The second-order valence-corrected chi connectivity index (χ2v) is 9.49. The Morgan fingerprint density at radius 2 is 1.78 bits per heavy atom. The highest BCUT2D eigenvalue weighted by Crippen LogP contribution is 2.69. The van der Waals surface area contributed by atoms with Gasteiger partial charge in [-0.2, -0.15) is 5.26 Å². The minimum absolute atomic E-state index is 0.361. The lowest BCUT2D eigenvalue weighted by Gasteiger charge is -2.41. The highest BCUT2D eigenvalue weighted by atomic mass is 16.5. The van der Waals surface area contributed by atoms with Gasteiger partial charge in [0, 0.05) is 18.4 Å². The van der Waals surface area contributed by atoms with Crippen LogP contribution in [-0.2, 0) is 11.2 Å². The van der Waals surface area contributed by atoms with Crippen LogP contribution in [0, 0.1) is 17.2 Å². The summed E-state index contributed by atoms with van der Waals surface area (Å²) in [5.74, 6) is -0.0364. The number of nitriles is 1. The predicted molar refractivity (Wildman–Crippen MR) is 135 cm³/mol. The Balaban J connectivity index is 1.83. The molecule has 2 heterocycles. The maximum Gasteiger partial charge on any atom is 0.177 e. The Labute approximate surface area is 211 Å². The number of pyridine rings is 1. The number of aromatic nitrogens is 1. The van der Waals surface area contributed by atoms with E-state index < -0.39 is 23.2 Å². The van der Waals surface area contributed by atoms with Crippen LogP contribution in [-0.4, -0.2) is 52.9 Å². The molecule has 1 aliphatic heterocycles. The monoisotopic (exact) mass is 485 g/mol. The average molecular weight is 486 g/mol. The van der Waals surface area contributed by atoms with E-state index >= 15 is 0 Å². The Kier molecular flexibility index (Phi) is 6.21. The molecule has 2 aliphatic rings. The van der Waals surface area contributed by atoms with Gasteiger partial charge in [-0.3, -0.25) is 4.98 Å². The molecule has 3 aromatic rings. The number of hydrogen-bond acceptors (Lipinski definition) is 7. The van der Waals surface area contributed by atoms with Crippen LogP contribution < -0.4 is 9.47 Å². The summed E-state index contributed by atoms with van der Waals surface area (Å²) in [6.07, 6.45) is 1.93. The first-order valence-corrected chi connectivity index (χ1v) is 12.4. The molecule has 1 aromatic heterocycles. The normalized spacial score (nSPS) is 28.3. The van der Waals surface area contributed by atoms with Gasteiger partial charge in [0.1, 0.15) is 11.5 Å². The quantitative estimate of drug-likeness (QED) is 0.528. The number of aliphatic hydroxyl groups is 2. The molecule has 1 aliphatic carbocycles.